The Balaban J connectivity index is 2.56. The third-order valence-corrected chi connectivity index (χ3v) is 3.11. The molecule has 1 aliphatic rings. The SMILES string of the molecule is COC(=O)[C@@H]1C[C@@H](C(C)(C)C)CCN1. The summed E-state index contributed by atoms with van der Waals surface area (Å²) in [5.41, 5.74) is 0.286. The first-order valence-corrected chi connectivity index (χ1v) is 5.26. The van der Waals surface area contributed by atoms with Crippen LogP contribution < -0.4 is 5.32 Å². The summed E-state index contributed by atoms with van der Waals surface area (Å²) in [5.74, 6) is 0.479. The smallest absolute Gasteiger partial charge is 0.322 e. The van der Waals surface area contributed by atoms with Crippen LogP contribution >= 0.6 is 0 Å². The zero-order chi connectivity index (χ0) is 10.8. The van der Waals surface area contributed by atoms with E-state index in [1.165, 1.54) is 7.11 Å². The molecule has 1 aliphatic heterocycles. The van der Waals surface area contributed by atoms with Gasteiger partial charge in [0.15, 0.2) is 0 Å². The molecule has 0 radical (unpaired) electrons. The van der Waals surface area contributed by atoms with E-state index < -0.39 is 0 Å². The van der Waals surface area contributed by atoms with Gasteiger partial charge in [-0.05, 0) is 30.7 Å². The molecule has 0 amide bonds. The molecule has 0 saturated carbocycles. The highest BCUT2D eigenvalue weighted by Gasteiger charge is 2.33. The van der Waals surface area contributed by atoms with Crippen molar-refractivity contribution in [2.45, 2.75) is 39.7 Å². The van der Waals surface area contributed by atoms with Crippen LogP contribution in [0.4, 0.5) is 0 Å². The van der Waals surface area contributed by atoms with Crippen molar-refractivity contribution in [1.29, 1.82) is 0 Å². The van der Waals surface area contributed by atoms with Gasteiger partial charge in [-0.3, -0.25) is 4.79 Å². The van der Waals surface area contributed by atoms with E-state index in [-0.39, 0.29) is 17.4 Å². The second-order valence-electron chi connectivity index (χ2n) is 5.12. The summed E-state index contributed by atoms with van der Waals surface area (Å²) in [7, 11) is 1.45. The topological polar surface area (TPSA) is 38.3 Å². The maximum Gasteiger partial charge on any atom is 0.322 e. The number of piperidine rings is 1. The summed E-state index contributed by atoms with van der Waals surface area (Å²) in [6, 6.07) is -0.0991. The number of carbonyl (C=O) groups is 1. The van der Waals surface area contributed by atoms with Gasteiger partial charge in [-0.2, -0.15) is 0 Å². The van der Waals surface area contributed by atoms with E-state index in [4.69, 9.17) is 4.74 Å². The van der Waals surface area contributed by atoms with Crippen molar-refractivity contribution >= 4 is 5.97 Å². The molecule has 14 heavy (non-hydrogen) atoms. The fourth-order valence-corrected chi connectivity index (χ4v) is 2.03. The minimum absolute atomic E-state index is 0.0991. The largest absolute Gasteiger partial charge is 0.468 e. The van der Waals surface area contributed by atoms with Crippen molar-refractivity contribution in [2.75, 3.05) is 13.7 Å². The summed E-state index contributed by atoms with van der Waals surface area (Å²) < 4.78 is 4.75. The summed E-state index contributed by atoms with van der Waals surface area (Å²) >= 11 is 0. The van der Waals surface area contributed by atoms with Crippen molar-refractivity contribution in [3.05, 3.63) is 0 Å². The number of ether oxygens (including phenoxy) is 1. The zero-order valence-corrected chi connectivity index (χ0v) is 9.59. The van der Waals surface area contributed by atoms with Crippen molar-refractivity contribution in [3.8, 4) is 0 Å². The maximum atomic E-state index is 11.4. The lowest BCUT2D eigenvalue weighted by Gasteiger charge is -2.37. The minimum Gasteiger partial charge on any atom is -0.468 e. The predicted octanol–water partition coefficient (Wildman–Crippen LogP) is 1.57. The summed E-state index contributed by atoms with van der Waals surface area (Å²) in [6.45, 7) is 7.62. The van der Waals surface area contributed by atoms with Crippen LogP contribution in [-0.2, 0) is 9.53 Å². The maximum absolute atomic E-state index is 11.4. The van der Waals surface area contributed by atoms with Gasteiger partial charge in [-0.25, -0.2) is 0 Å². The van der Waals surface area contributed by atoms with Crippen LogP contribution in [0.25, 0.3) is 0 Å². The van der Waals surface area contributed by atoms with Crippen LogP contribution in [0.15, 0.2) is 0 Å². The van der Waals surface area contributed by atoms with Gasteiger partial charge in [0, 0.05) is 0 Å². The molecular weight excluding hydrogens is 178 g/mol. The Labute approximate surface area is 86.2 Å². The van der Waals surface area contributed by atoms with E-state index in [0.717, 1.165) is 19.4 Å². The van der Waals surface area contributed by atoms with Gasteiger partial charge in [0.05, 0.1) is 7.11 Å². The zero-order valence-electron chi connectivity index (χ0n) is 9.59. The molecule has 0 aromatic heterocycles. The lowest BCUT2D eigenvalue weighted by molar-refractivity contribution is -0.144. The highest BCUT2D eigenvalue weighted by Crippen LogP contribution is 2.34. The van der Waals surface area contributed by atoms with Gasteiger partial charge >= 0.3 is 5.97 Å². The lowest BCUT2D eigenvalue weighted by Crippen LogP contribution is -2.46. The van der Waals surface area contributed by atoms with Crippen molar-refractivity contribution in [3.63, 3.8) is 0 Å². The Kier molecular flexibility index (Phi) is 3.53. The first kappa shape index (κ1) is 11.5. The standard InChI is InChI=1S/C11H21NO2/c1-11(2,3)8-5-6-12-9(7-8)10(13)14-4/h8-9,12H,5-7H2,1-4H3/t8-,9-/m0/s1. The predicted molar refractivity (Wildman–Crippen MR) is 56.0 cm³/mol. The van der Waals surface area contributed by atoms with Crippen molar-refractivity contribution in [1.82, 2.24) is 5.32 Å². The average molecular weight is 199 g/mol. The van der Waals surface area contributed by atoms with Gasteiger partial charge in [-0.1, -0.05) is 20.8 Å². The molecule has 82 valence electrons. The van der Waals surface area contributed by atoms with Crippen LogP contribution in [0.2, 0.25) is 0 Å². The van der Waals surface area contributed by atoms with Crippen LogP contribution in [0.5, 0.6) is 0 Å². The molecule has 0 aromatic rings. The Bertz CT molecular complexity index is 208. The Morgan fingerprint density at radius 3 is 2.57 bits per heavy atom. The van der Waals surface area contributed by atoms with Gasteiger partial charge < -0.3 is 10.1 Å². The van der Waals surface area contributed by atoms with Gasteiger partial charge in [0.2, 0.25) is 0 Å². The molecule has 1 heterocycles. The van der Waals surface area contributed by atoms with Crippen LogP contribution in [0.3, 0.4) is 0 Å². The molecule has 0 aromatic carbocycles. The first-order valence-electron chi connectivity index (χ1n) is 5.26. The molecule has 0 unspecified atom stereocenters. The number of nitrogens with one attached hydrogen (secondary N) is 1. The normalized spacial score (nSPS) is 28.6. The number of hydrogen-bond acceptors (Lipinski definition) is 3. The van der Waals surface area contributed by atoms with Crippen LogP contribution in [0, 0.1) is 11.3 Å². The van der Waals surface area contributed by atoms with Gasteiger partial charge in [0.1, 0.15) is 6.04 Å². The van der Waals surface area contributed by atoms with Gasteiger partial charge in [0.25, 0.3) is 0 Å². The van der Waals surface area contributed by atoms with E-state index in [1.54, 1.807) is 0 Å². The first-order chi connectivity index (χ1) is 6.45. The Hall–Kier alpha value is -0.570. The third-order valence-electron chi connectivity index (χ3n) is 3.11. The number of hydrogen-bond donors (Lipinski definition) is 1. The summed E-state index contributed by atoms with van der Waals surface area (Å²) in [5, 5.41) is 3.20. The van der Waals surface area contributed by atoms with E-state index in [1.807, 2.05) is 0 Å². The molecule has 1 saturated heterocycles. The quantitative estimate of drug-likeness (QED) is 0.651. The van der Waals surface area contributed by atoms with Crippen molar-refractivity contribution in [2.24, 2.45) is 11.3 Å². The molecule has 0 aliphatic carbocycles. The summed E-state index contributed by atoms with van der Waals surface area (Å²) in [6.07, 6.45) is 2.05. The Morgan fingerprint density at radius 1 is 1.43 bits per heavy atom. The molecule has 2 atom stereocenters. The lowest BCUT2D eigenvalue weighted by atomic mass is 9.74. The second-order valence-corrected chi connectivity index (χ2v) is 5.12. The van der Waals surface area contributed by atoms with E-state index in [0.29, 0.717) is 5.92 Å². The number of esters is 1. The third kappa shape index (κ3) is 2.71. The second kappa shape index (κ2) is 4.30. The molecule has 0 spiro atoms. The van der Waals surface area contributed by atoms with Crippen LogP contribution in [-0.4, -0.2) is 25.7 Å². The fourth-order valence-electron chi connectivity index (χ4n) is 2.03. The number of methoxy groups -OCH3 is 1. The number of carbonyl (C=O) groups excluding carboxylic acids is 1. The monoisotopic (exact) mass is 199 g/mol. The van der Waals surface area contributed by atoms with Crippen molar-refractivity contribution < 1.29 is 9.53 Å². The molecule has 1 N–H and O–H groups in total. The highest BCUT2D eigenvalue weighted by molar-refractivity contribution is 5.75. The molecule has 3 heteroatoms. The van der Waals surface area contributed by atoms with E-state index in [2.05, 4.69) is 26.1 Å². The average Bonchev–Trinajstić information content (AvgIpc) is 2.15. The van der Waals surface area contributed by atoms with Crippen LogP contribution in [0.1, 0.15) is 33.6 Å². The highest BCUT2D eigenvalue weighted by atomic mass is 16.5. The molecule has 0 bridgehead atoms. The summed E-state index contributed by atoms with van der Waals surface area (Å²) in [4.78, 5) is 11.4. The van der Waals surface area contributed by atoms with Gasteiger partial charge in [-0.15, -0.1) is 0 Å². The molecule has 3 nitrogen and oxygen atoms in total. The molecule has 1 fully saturated rings. The molecular formula is C11H21NO2. The van der Waals surface area contributed by atoms with E-state index >= 15 is 0 Å². The fraction of sp³-hybridized carbons (Fsp3) is 0.909. The van der Waals surface area contributed by atoms with E-state index in [9.17, 15) is 4.79 Å². The minimum atomic E-state index is -0.126. The molecule has 1 rings (SSSR count). The Morgan fingerprint density at radius 2 is 2.07 bits per heavy atom. The number of rotatable bonds is 1.